The summed E-state index contributed by atoms with van der Waals surface area (Å²) < 4.78 is 5.34. The van der Waals surface area contributed by atoms with Crippen LogP contribution in [0.25, 0.3) is 0 Å². The molecule has 1 aromatic carbocycles. The molecule has 0 unspecified atom stereocenters. The predicted molar refractivity (Wildman–Crippen MR) is 75.8 cm³/mol. The highest BCUT2D eigenvalue weighted by molar-refractivity contribution is 6.42. The molecule has 6 heteroatoms. The third-order valence-corrected chi connectivity index (χ3v) is 2.72. The Morgan fingerprint density at radius 2 is 1.72 bits per heavy atom. The highest BCUT2D eigenvalue weighted by atomic mass is 35.5. The summed E-state index contributed by atoms with van der Waals surface area (Å²) in [7, 11) is 0. The Labute approximate surface area is 121 Å². The van der Waals surface area contributed by atoms with Crippen molar-refractivity contribution in [1.82, 2.24) is 0 Å². The van der Waals surface area contributed by atoms with Gasteiger partial charge in [0, 0.05) is 5.02 Å². The average Bonchev–Trinajstić information content (AvgIpc) is 2.19. The first kappa shape index (κ1) is 15.6. The van der Waals surface area contributed by atoms with Crippen molar-refractivity contribution in [3.8, 4) is 0 Å². The number of amides is 1. The maximum atomic E-state index is 11.7. The Morgan fingerprint density at radius 3 is 2.17 bits per heavy atom. The molecular weight excluding hydrogens is 296 g/mol. The van der Waals surface area contributed by atoms with E-state index < -0.39 is 0 Å². The molecule has 0 bridgehead atoms. The maximum Gasteiger partial charge on any atom is 0.250 e. The van der Waals surface area contributed by atoms with E-state index >= 15 is 0 Å². The lowest BCUT2D eigenvalue weighted by atomic mass is 10.2. The molecule has 0 aliphatic rings. The molecule has 0 heterocycles. The van der Waals surface area contributed by atoms with Gasteiger partial charge in [-0.3, -0.25) is 4.79 Å². The third-order valence-electron chi connectivity index (χ3n) is 1.91. The monoisotopic (exact) mass is 309 g/mol. The minimum atomic E-state index is -0.384. The van der Waals surface area contributed by atoms with Crippen molar-refractivity contribution in [2.24, 2.45) is 0 Å². The minimum Gasteiger partial charge on any atom is -0.366 e. The summed E-state index contributed by atoms with van der Waals surface area (Å²) in [5, 5.41) is 3.58. The van der Waals surface area contributed by atoms with Crippen molar-refractivity contribution in [3.05, 3.63) is 27.2 Å². The van der Waals surface area contributed by atoms with E-state index in [9.17, 15) is 4.79 Å². The number of hydrogen-bond acceptors (Lipinski definition) is 2. The standard InChI is InChI=1S/C12H14Cl3NO2/c1-12(2,3)18-6-10(17)16-11-8(14)4-7(13)5-9(11)15/h4-5H,6H2,1-3H3,(H,16,17). The zero-order valence-corrected chi connectivity index (χ0v) is 12.6. The first-order chi connectivity index (χ1) is 8.19. The molecule has 0 radical (unpaired) electrons. The molecule has 1 amide bonds. The lowest BCUT2D eigenvalue weighted by molar-refractivity contribution is -0.125. The average molecular weight is 311 g/mol. The molecule has 0 aromatic heterocycles. The Kier molecular flexibility index (Phi) is 5.29. The van der Waals surface area contributed by atoms with Crippen LogP contribution in [-0.4, -0.2) is 18.1 Å². The van der Waals surface area contributed by atoms with Crippen molar-refractivity contribution in [1.29, 1.82) is 0 Å². The molecule has 0 atom stereocenters. The summed E-state index contributed by atoms with van der Waals surface area (Å²) in [6.45, 7) is 5.52. The Hall–Kier alpha value is -0.480. The van der Waals surface area contributed by atoms with Gasteiger partial charge in [-0.15, -0.1) is 0 Å². The Balaban J connectivity index is 2.71. The van der Waals surface area contributed by atoms with E-state index in [1.807, 2.05) is 20.8 Å². The van der Waals surface area contributed by atoms with Gasteiger partial charge in [0.1, 0.15) is 6.61 Å². The molecule has 0 aliphatic carbocycles. The maximum absolute atomic E-state index is 11.7. The van der Waals surface area contributed by atoms with Crippen molar-refractivity contribution >= 4 is 46.4 Å². The summed E-state index contributed by atoms with van der Waals surface area (Å²) in [5.74, 6) is -0.323. The van der Waals surface area contributed by atoms with Gasteiger partial charge in [0.2, 0.25) is 5.91 Å². The number of halogens is 3. The summed E-state index contributed by atoms with van der Waals surface area (Å²) in [6, 6.07) is 3.02. The van der Waals surface area contributed by atoms with Crippen LogP contribution in [0.3, 0.4) is 0 Å². The molecule has 0 saturated heterocycles. The second-order valence-electron chi connectivity index (χ2n) is 4.69. The molecule has 100 valence electrons. The van der Waals surface area contributed by atoms with Gasteiger partial charge < -0.3 is 10.1 Å². The quantitative estimate of drug-likeness (QED) is 0.898. The first-order valence-electron chi connectivity index (χ1n) is 5.27. The van der Waals surface area contributed by atoms with Gasteiger partial charge in [-0.1, -0.05) is 34.8 Å². The summed E-state index contributed by atoms with van der Waals surface area (Å²) in [6.07, 6.45) is 0. The molecule has 18 heavy (non-hydrogen) atoms. The highest BCUT2D eigenvalue weighted by Crippen LogP contribution is 2.33. The van der Waals surface area contributed by atoms with Gasteiger partial charge in [0.05, 0.1) is 21.3 Å². The van der Waals surface area contributed by atoms with Gasteiger partial charge in [-0.25, -0.2) is 0 Å². The summed E-state index contributed by atoms with van der Waals surface area (Å²) >= 11 is 17.7. The summed E-state index contributed by atoms with van der Waals surface area (Å²) in [4.78, 5) is 11.7. The van der Waals surface area contributed by atoms with E-state index in [-0.39, 0.29) is 28.2 Å². The number of nitrogens with one attached hydrogen (secondary N) is 1. The summed E-state index contributed by atoms with van der Waals surface area (Å²) in [5.41, 5.74) is -0.0458. The van der Waals surface area contributed by atoms with Crippen molar-refractivity contribution in [3.63, 3.8) is 0 Å². The number of anilines is 1. The van der Waals surface area contributed by atoms with Crippen LogP contribution >= 0.6 is 34.8 Å². The van der Waals surface area contributed by atoms with Crippen molar-refractivity contribution < 1.29 is 9.53 Å². The van der Waals surface area contributed by atoms with Crippen LogP contribution in [0.1, 0.15) is 20.8 Å². The van der Waals surface area contributed by atoms with Gasteiger partial charge in [-0.05, 0) is 32.9 Å². The number of carbonyl (C=O) groups is 1. The zero-order chi connectivity index (χ0) is 13.9. The minimum absolute atomic E-state index is 0.0707. The Morgan fingerprint density at radius 1 is 1.22 bits per heavy atom. The van der Waals surface area contributed by atoms with Crippen LogP contribution in [-0.2, 0) is 9.53 Å². The van der Waals surface area contributed by atoms with Crippen LogP contribution in [0.2, 0.25) is 15.1 Å². The van der Waals surface area contributed by atoms with Gasteiger partial charge >= 0.3 is 0 Å². The second kappa shape index (κ2) is 6.11. The fourth-order valence-corrected chi connectivity index (χ4v) is 2.03. The molecule has 3 nitrogen and oxygen atoms in total. The van der Waals surface area contributed by atoms with E-state index in [0.717, 1.165) is 0 Å². The van der Waals surface area contributed by atoms with Crippen LogP contribution in [0.4, 0.5) is 5.69 Å². The van der Waals surface area contributed by atoms with Crippen LogP contribution in [0.5, 0.6) is 0 Å². The predicted octanol–water partition coefficient (Wildman–Crippen LogP) is 4.40. The van der Waals surface area contributed by atoms with E-state index in [0.29, 0.717) is 10.7 Å². The van der Waals surface area contributed by atoms with Crippen LogP contribution in [0, 0.1) is 0 Å². The first-order valence-corrected chi connectivity index (χ1v) is 6.41. The van der Waals surface area contributed by atoms with Gasteiger partial charge in [0.15, 0.2) is 0 Å². The third kappa shape index (κ3) is 5.02. The number of ether oxygens (including phenoxy) is 1. The topological polar surface area (TPSA) is 38.3 Å². The van der Waals surface area contributed by atoms with Crippen LogP contribution < -0.4 is 5.32 Å². The van der Waals surface area contributed by atoms with E-state index in [4.69, 9.17) is 39.5 Å². The largest absolute Gasteiger partial charge is 0.366 e. The molecule has 1 rings (SSSR count). The highest BCUT2D eigenvalue weighted by Gasteiger charge is 2.15. The molecule has 0 fully saturated rings. The number of hydrogen-bond donors (Lipinski definition) is 1. The molecule has 0 spiro atoms. The molecule has 0 aliphatic heterocycles. The fraction of sp³-hybridized carbons (Fsp3) is 0.417. The number of carbonyl (C=O) groups excluding carboxylic acids is 1. The van der Waals surface area contributed by atoms with Gasteiger partial charge in [0.25, 0.3) is 0 Å². The smallest absolute Gasteiger partial charge is 0.250 e. The molecule has 1 N–H and O–H groups in total. The normalized spacial score (nSPS) is 11.4. The number of benzene rings is 1. The van der Waals surface area contributed by atoms with E-state index in [2.05, 4.69) is 5.32 Å². The van der Waals surface area contributed by atoms with Crippen molar-refractivity contribution in [2.75, 3.05) is 11.9 Å². The lowest BCUT2D eigenvalue weighted by Crippen LogP contribution is -2.27. The molecule has 0 saturated carbocycles. The zero-order valence-electron chi connectivity index (χ0n) is 10.3. The molecular formula is C12H14Cl3NO2. The second-order valence-corrected chi connectivity index (χ2v) is 5.94. The lowest BCUT2D eigenvalue weighted by Gasteiger charge is -2.19. The van der Waals surface area contributed by atoms with Crippen LogP contribution in [0.15, 0.2) is 12.1 Å². The number of rotatable bonds is 3. The van der Waals surface area contributed by atoms with E-state index in [1.54, 1.807) is 0 Å². The molecule has 1 aromatic rings. The van der Waals surface area contributed by atoms with Crippen molar-refractivity contribution in [2.45, 2.75) is 26.4 Å². The van der Waals surface area contributed by atoms with Gasteiger partial charge in [-0.2, -0.15) is 0 Å². The van der Waals surface area contributed by atoms with E-state index in [1.165, 1.54) is 12.1 Å². The fourth-order valence-electron chi connectivity index (χ4n) is 1.12. The Bertz CT molecular complexity index is 432. The SMILES string of the molecule is CC(C)(C)OCC(=O)Nc1c(Cl)cc(Cl)cc1Cl.